The number of aliphatic imine (C=N–C) groups is 1. The van der Waals surface area contributed by atoms with Gasteiger partial charge in [-0.05, 0) is 31.9 Å². The summed E-state index contributed by atoms with van der Waals surface area (Å²) in [6.45, 7) is 10.7. The minimum atomic E-state index is 0.353. The number of nitrogens with zero attached hydrogens (tertiary/aromatic N) is 3. The molecular formula is C20H32N4O2S. The van der Waals surface area contributed by atoms with E-state index < -0.39 is 0 Å². The maximum absolute atomic E-state index is 5.68. The normalized spacial score (nSPS) is 28.2. The van der Waals surface area contributed by atoms with Gasteiger partial charge in [-0.15, -0.1) is 11.3 Å². The summed E-state index contributed by atoms with van der Waals surface area (Å²) >= 11 is 1.90. The molecule has 3 saturated heterocycles. The number of morpholine rings is 1. The highest BCUT2D eigenvalue weighted by Crippen LogP contribution is 2.38. The number of aryl methyl sites for hydroxylation is 1. The lowest BCUT2D eigenvalue weighted by Gasteiger charge is -2.35. The van der Waals surface area contributed by atoms with E-state index in [2.05, 4.69) is 39.2 Å². The summed E-state index contributed by atoms with van der Waals surface area (Å²) in [4.78, 5) is 12.4. The van der Waals surface area contributed by atoms with Crippen LogP contribution in [-0.2, 0) is 9.47 Å². The van der Waals surface area contributed by atoms with Gasteiger partial charge in [0, 0.05) is 61.5 Å². The van der Waals surface area contributed by atoms with Gasteiger partial charge in [0.2, 0.25) is 0 Å². The molecule has 6 nitrogen and oxygen atoms in total. The van der Waals surface area contributed by atoms with Crippen LogP contribution in [0.25, 0.3) is 0 Å². The number of hydrogen-bond acceptors (Lipinski definition) is 5. The maximum atomic E-state index is 5.68. The van der Waals surface area contributed by atoms with Crippen LogP contribution in [0.15, 0.2) is 17.1 Å². The van der Waals surface area contributed by atoms with Gasteiger partial charge in [0.15, 0.2) is 5.96 Å². The molecular weight excluding hydrogens is 360 g/mol. The minimum Gasteiger partial charge on any atom is -0.381 e. The fourth-order valence-electron chi connectivity index (χ4n) is 4.54. The molecule has 0 aromatic carbocycles. The molecule has 3 aliphatic rings. The van der Waals surface area contributed by atoms with Crippen LogP contribution in [0.2, 0.25) is 0 Å². The molecule has 1 aromatic rings. The lowest BCUT2D eigenvalue weighted by atomic mass is 9.87. The number of guanidine groups is 1. The molecule has 7 heteroatoms. The van der Waals surface area contributed by atoms with E-state index in [1.807, 2.05) is 18.4 Å². The van der Waals surface area contributed by atoms with Crippen LogP contribution >= 0.6 is 11.3 Å². The van der Waals surface area contributed by atoms with Crippen LogP contribution in [0.4, 0.5) is 0 Å². The van der Waals surface area contributed by atoms with E-state index in [0.717, 1.165) is 65.1 Å². The molecule has 3 fully saturated rings. The van der Waals surface area contributed by atoms with E-state index in [1.54, 1.807) is 0 Å². The first-order valence-electron chi connectivity index (χ1n) is 10.1. The van der Waals surface area contributed by atoms with Crippen LogP contribution < -0.4 is 5.32 Å². The number of nitrogens with one attached hydrogen (secondary N) is 1. The highest BCUT2D eigenvalue weighted by Gasteiger charge is 2.42. The number of ether oxygens (including phenoxy) is 2. The van der Waals surface area contributed by atoms with Crippen molar-refractivity contribution in [2.75, 3.05) is 66.2 Å². The second kappa shape index (κ2) is 8.47. The van der Waals surface area contributed by atoms with Crippen LogP contribution in [0.3, 0.4) is 0 Å². The molecule has 3 aliphatic heterocycles. The van der Waals surface area contributed by atoms with Gasteiger partial charge in [0.1, 0.15) is 0 Å². The van der Waals surface area contributed by atoms with Crippen molar-refractivity contribution in [3.05, 3.63) is 21.9 Å². The first-order valence-corrected chi connectivity index (χ1v) is 10.9. The summed E-state index contributed by atoms with van der Waals surface area (Å²) in [5, 5.41) is 3.68. The van der Waals surface area contributed by atoms with Gasteiger partial charge in [-0.25, -0.2) is 0 Å². The van der Waals surface area contributed by atoms with E-state index in [9.17, 15) is 0 Å². The Morgan fingerprint density at radius 1 is 1.22 bits per heavy atom. The standard InChI is InChI=1S/C20H32N4O2S/c1-16-3-4-18(27-16)17(23-8-11-25-12-9-23)13-22-19(21-2)24-7-5-20(14-24)6-10-26-15-20/h3-4,17H,5-15H2,1-2H3,(H,21,22). The van der Waals surface area contributed by atoms with Gasteiger partial charge in [-0.1, -0.05) is 0 Å². The van der Waals surface area contributed by atoms with E-state index in [0.29, 0.717) is 11.5 Å². The minimum absolute atomic E-state index is 0.353. The summed E-state index contributed by atoms with van der Waals surface area (Å²) < 4.78 is 11.2. The molecule has 1 N–H and O–H groups in total. The Labute approximate surface area is 166 Å². The topological polar surface area (TPSA) is 49.3 Å². The van der Waals surface area contributed by atoms with Crippen molar-refractivity contribution in [3.8, 4) is 0 Å². The highest BCUT2D eigenvalue weighted by atomic mass is 32.1. The summed E-state index contributed by atoms with van der Waals surface area (Å²) in [6.07, 6.45) is 2.40. The highest BCUT2D eigenvalue weighted by molar-refractivity contribution is 7.12. The Bertz CT molecular complexity index is 650. The molecule has 0 radical (unpaired) electrons. The van der Waals surface area contributed by atoms with E-state index in [4.69, 9.17) is 9.47 Å². The SMILES string of the molecule is CN=C(NCC(c1ccc(C)s1)N1CCOCC1)N1CCC2(CCOC2)C1. The number of likely N-dealkylation sites (tertiary alicyclic amines) is 1. The first-order chi connectivity index (χ1) is 13.2. The number of thiophene rings is 1. The van der Waals surface area contributed by atoms with Crippen LogP contribution in [0.1, 0.15) is 28.6 Å². The van der Waals surface area contributed by atoms with E-state index in [-0.39, 0.29) is 0 Å². The maximum Gasteiger partial charge on any atom is 0.193 e. The van der Waals surface area contributed by atoms with Crippen molar-refractivity contribution in [2.24, 2.45) is 10.4 Å². The molecule has 2 atom stereocenters. The van der Waals surface area contributed by atoms with Gasteiger partial charge in [0.25, 0.3) is 0 Å². The zero-order valence-electron chi connectivity index (χ0n) is 16.6. The Kier molecular flexibility index (Phi) is 6.02. The zero-order chi connectivity index (χ0) is 18.7. The van der Waals surface area contributed by atoms with Gasteiger partial charge in [-0.2, -0.15) is 0 Å². The predicted octanol–water partition coefficient (Wildman–Crippen LogP) is 2.12. The third kappa shape index (κ3) is 4.31. The average Bonchev–Trinajstić information content (AvgIpc) is 3.43. The Morgan fingerprint density at radius 3 is 2.74 bits per heavy atom. The molecule has 27 heavy (non-hydrogen) atoms. The van der Waals surface area contributed by atoms with Crippen LogP contribution in [0.5, 0.6) is 0 Å². The van der Waals surface area contributed by atoms with Crippen LogP contribution in [0, 0.1) is 12.3 Å². The van der Waals surface area contributed by atoms with Crippen molar-refractivity contribution in [2.45, 2.75) is 25.8 Å². The van der Waals surface area contributed by atoms with Gasteiger partial charge in [-0.3, -0.25) is 9.89 Å². The monoisotopic (exact) mass is 392 g/mol. The molecule has 2 unspecified atom stereocenters. The summed E-state index contributed by atoms with van der Waals surface area (Å²) in [6, 6.07) is 4.88. The quantitative estimate of drug-likeness (QED) is 0.628. The lowest BCUT2D eigenvalue weighted by Crippen LogP contribution is -2.47. The zero-order valence-corrected chi connectivity index (χ0v) is 17.4. The molecule has 4 heterocycles. The van der Waals surface area contributed by atoms with E-state index >= 15 is 0 Å². The van der Waals surface area contributed by atoms with Gasteiger partial charge in [0.05, 0.1) is 25.9 Å². The molecule has 0 bridgehead atoms. The molecule has 0 saturated carbocycles. The molecule has 0 amide bonds. The fraction of sp³-hybridized carbons (Fsp3) is 0.750. The smallest absolute Gasteiger partial charge is 0.193 e. The summed E-state index contributed by atoms with van der Waals surface area (Å²) in [5.74, 6) is 1.03. The Hall–Kier alpha value is -1.15. The Morgan fingerprint density at radius 2 is 2.07 bits per heavy atom. The molecule has 1 spiro atoms. The number of hydrogen-bond donors (Lipinski definition) is 1. The number of rotatable bonds is 4. The van der Waals surface area contributed by atoms with Gasteiger partial charge >= 0.3 is 0 Å². The lowest BCUT2D eigenvalue weighted by molar-refractivity contribution is 0.0176. The van der Waals surface area contributed by atoms with Crippen molar-refractivity contribution >= 4 is 17.3 Å². The summed E-state index contributed by atoms with van der Waals surface area (Å²) in [5.41, 5.74) is 0.353. The van der Waals surface area contributed by atoms with Crippen molar-refractivity contribution < 1.29 is 9.47 Å². The van der Waals surface area contributed by atoms with Crippen molar-refractivity contribution in [1.82, 2.24) is 15.1 Å². The fourth-order valence-corrected chi connectivity index (χ4v) is 5.55. The van der Waals surface area contributed by atoms with Gasteiger partial charge < -0.3 is 19.7 Å². The largest absolute Gasteiger partial charge is 0.381 e. The molecule has 1 aromatic heterocycles. The Balaban J connectivity index is 1.41. The second-order valence-electron chi connectivity index (χ2n) is 8.01. The second-order valence-corrected chi connectivity index (χ2v) is 9.33. The third-order valence-electron chi connectivity index (χ3n) is 6.16. The van der Waals surface area contributed by atoms with Crippen LogP contribution in [-0.4, -0.2) is 82.0 Å². The van der Waals surface area contributed by atoms with E-state index in [1.165, 1.54) is 22.6 Å². The average molecular weight is 393 g/mol. The molecule has 4 rings (SSSR count). The first kappa shape index (κ1) is 19.2. The molecule has 0 aliphatic carbocycles. The third-order valence-corrected chi connectivity index (χ3v) is 7.27. The predicted molar refractivity (Wildman–Crippen MR) is 110 cm³/mol. The van der Waals surface area contributed by atoms with Crippen molar-refractivity contribution in [1.29, 1.82) is 0 Å². The van der Waals surface area contributed by atoms with Crippen molar-refractivity contribution in [3.63, 3.8) is 0 Å². The summed E-state index contributed by atoms with van der Waals surface area (Å²) in [7, 11) is 1.90. The molecule has 150 valence electrons.